The van der Waals surface area contributed by atoms with E-state index in [0.717, 1.165) is 18.8 Å². The predicted octanol–water partition coefficient (Wildman–Crippen LogP) is 2.07. The molecular weight excluding hydrogens is 174 g/mol. The molecule has 1 aliphatic heterocycles. The van der Waals surface area contributed by atoms with Gasteiger partial charge in [0.15, 0.2) is 0 Å². The molecule has 0 aliphatic carbocycles. The Hall–Kier alpha value is -1.02. The van der Waals surface area contributed by atoms with Crippen molar-refractivity contribution in [1.82, 2.24) is 0 Å². The summed E-state index contributed by atoms with van der Waals surface area (Å²) in [6, 6.07) is 6.53. The molecule has 2 N–H and O–H groups in total. The molecule has 0 saturated carbocycles. The van der Waals surface area contributed by atoms with Gasteiger partial charge in [-0.3, -0.25) is 0 Å². The second-order valence-corrected chi connectivity index (χ2v) is 4.08. The molecule has 0 fully saturated rings. The van der Waals surface area contributed by atoms with Crippen LogP contribution in [0.25, 0.3) is 0 Å². The molecule has 2 heteroatoms. The number of hydrogen-bond donors (Lipinski definition) is 1. The van der Waals surface area contributed by atoms with Crippen LogP contribution in [-0.4, -0.2) is 12.6 Å². The largest absolute Gasteiger partial charge is 0.493 e. The van der Waals surface area contributed by atoms with Crippen molar-refractivity contribution in [3.8, 4) is 5.75 Å². The van der Waals surface area contributed by atoms with Gasteiger partial charge in [-0.05, 0) is 24.0 Å². The van der Waals surface area contributed by atoms with Gasteiger partial charge < -0.3 is 10.5 Å². The molecule has 0 aromatic heterocycles. The van der Waals surface area contributed by atoms with Gasteiger partial charge in [-0.1, -0.05) is 25.1 Å². The lowest BCUT2D eigenvalue weighted by Gasteiger charge is -2.18. The molecule has 2 nitrogen and oxygen atoms in total. The molecular formula is C12H17NO. The fraction of sp³-hybridized carbons (Fsp3) is 0.500. The predicted molar refractivity (Wildman–Crippen MR) is 57.7 cm³/mol. The van der Waals surface area contributed by atoms with Crippen LogP contribution in [-0.2, 0) is 6.42 Å². The first-order valence-electron chi connectivity index (χ1n) is 5.20. The Kier molecular flexibility index (Phi) is 2.46. The van der Waals surface area contributed by atoms with Crippen molar-refractivity contribution >= 4 is 0 Å². The van der Waals surface area contributed by atoms with E-state index >= 15 is 0 Å². The summed E-state index contributed by atoms with van der Waals surface area (Å²) in [5.74, 6) is 1.44. The summed E-state index contributed by atoms with van der Waals surface area (Å²) < 4.78 is 5.65. The minimum atomic E-state index is 0.172. The van der Waals surface area contributed by atoms with Crippen LogP contribution in [0, 0.1) is 0 Å². The Balaban J connectivity index is 2.39. The van der Waals surface area contributed by atoms with Gasteiger partial charge in [0.05, 0.1) is 6.61 Å². The van der Waals surface area contributed by atoms with Crippen molar-refractivity contribution in [3.05, 3.63) is 29.3 Å². The summed E-state index contributed by atoms with van der Waals surface area (Å²) >= 11 is 0. The molecule has 0 bridgehead atoms. The van der Waals surface area contributed by atoms with Crippen LogP contribution in [0.4, 0.5) is 0 Å². The van der Waals surface area contributed by atoms with E-state index in [1.54, 1.807) is 0 Å². The van der Waals surface area contributed by atoms with E-state index in [2.05, 4.69) is 25.1 Å². The van der Waals surface area contributed by atoms with Crippen molar-refractivity contribution in [1.29, 1.82) is 0 Å². The van der Waals surface area contributed by atoms with E-state index in [4.69, 9.17) is 10.5 Å². The second-order valence-electron chi connectivity index (χ2n) is 4.08. The van der Waals surface area contributed by atoms with E-state index < -0.39 is 0 Å². The number of rotatable bonds is 2. The first kappa shape index (κ1) is 9.53. The lowest BCUT2D eigenvalue weighted by atomic mass is 9.92. The third kappa shape index (κ3) is 1.50. The van der Waals surface area contributed by atoms with Crippen LogP contribution in [0.2, 0.25) is 0 Å². The molecule has 1 aromatic carbocycles. The fourth-order valence-corrected chi connectivity index (χ4v) is 1.88. The first-order chi connectivity index (χ1) is 6.70. The van der Waals surface area contributed by atoms with E-state index in [1.807, 2.05) is 6.92 Å². The summed E-state index contributed by atoms with van der Waals surface area (Å²) in [6.07, 6.45) is 1.04. The molecule has 1 aliphatic rings. The van der Waals surface area contributed by atoms with Gasteiger partial charge in [0.25, 0.3) is 0 Å². The zero-order chi connectivity index (χ0) is 10.1. The fourth-order valence-electron chi connectivity index (χ4n) is 1.88. The monoisotopic (exact) mass is 191 g/mol. The number of fused-ring (bicyclic) bond motifs is 1. The van der Waals surface area contributed by atoms with Crippen molar-refractivity contribution in [2.24, 2.45) is 5.73 Å². The summed E-state index contributed by atoms with van der Waals surface area (Å²) in [6.45, 7) is 5.01. The maximum absolute atomic E-state index is 5.91. The number of benzene rings is 1. The van der Waals surface area contributed by atoms with E-state index in [1.165, 1.54) is 11.1 Å². The second kappa shape index (κ2) is 3.62. The molecule has 0 spiro atoms. The smallest absolute Gasteiger partial charge is 0.126 e. The average Bonchev–Trinajstić information content (AvgIpc) is 2.63. The Morgan fingerprint density at radius 3 is 2.86 bits per heavy atom. The molecule has 0 amide bonds. The van der Waals surface area contributed by atoms with E-state index in [9.17, 15) is 0 Å². The van der Waals surface area contributed by atoms with Gasteiger partial charge in [-0.2, -0.15) is 0 Å². The molecule has 2 atom stereocenters. The van der Waals surface area contributed by atoms with Crippen molar-refractivity contribution in [2.75, 3.05) is 6.61 Å². The zero-order valence-electron chi connectivity index (χ0n) is 8.79. The highest BCUT2D eigenvalue weighted by atomic mass is 16.5. The van der Waals surface area contributed by atoms with Crippen LogP contribution >= 0.6 is 0 Å². The SMILES string of the molecule is CC(N)C(C)c1cccc2c1OCC2. The van der Waals surface area contributed by atoms with Crippen LogP contribution in [0.1, 0.15) is 30.9 Å². The highest BCUT2D eigenvalue weighted by Gasteiger charge is 2.21. The maximum atomic E-state index is 5.91. The van der Waals surface area contributed by atoms with Crippen molar-refractivity contribution in [3.63, 3.8) is 0 Å². The van der Waals surface area contributed by atoms with Gasteiger partial charge in [0, 0.05) is 12.5 Å². The quantitative estimate of drug-likeness (QED) is 0.776. The Morgan fingerprint density at radius 2 is 2.14 bits per heavy atom. The van der Waals surface area contributed by atoms with Crippen molar-refractivity contribution in [2.45, 2.75) is 32.2 Å². The molecule has 0 saturated heterocycles. The zero-order valence-corrected chi connectivity index (χ0v) is 8.79. The summed E-state index contributed by atoms with van der Waals surface area (Å²) in [5.41, 5.74) is 8.49. The van der Waals surface area contributed by atoms with E-state index in [0.29, 0.717) is 5.92 Å². The van der Waals surface area contributed by atoms with Gasteiger partial charge in [-0.15, -0.1) is 0 Å². The van der Waals surface area contributed by atoms with Crippen LogP contribution in [0.3, 0.4) is 0 Å². The molecule has 2 unspecified atom stereocenters. The standard InChI is InChI=1S/C12H17NO/c1-8(9(2)13)11-5-3-4-10-6-7-14-12(10)11/h3-5,8-9H,6-7,13H2,1-2H3. The Labute approximate surface area is 85.1 Å². The Bertz CT molecular complexity index is 333. The highest BCUT2D eigenvalue weighted by Crippen LogP contribution is 2.34. The number of para-hydroxylation sites is 1. The summed E-state index contributed by atoms with van der Waals surface area (Å²) in [4.78, 5) is 0. The topological polar surface area (TPSA) is 35.2 Å². The van der Waals surface area contributed by atoms with Gasteiger partial charge in [0.2, 0.25) is 0 Å². The molecule has 1 aromatic rings. The maximum Gasteiger partial charge on any atom is 0.126 e. The normalized spacial score (nSPS) is 18.5. The molecule has 14 heavy (non-hydrogen) atoms. The molecule has 0 radical (unpaired) electrons. The summed E-state index contributed by atoms with van der Waals surface area (Å²) in [5, 5.41) is 0. The number of hydrogen-bond acceptors (Lipinski definition) is 2. The first-order valence-corrected chi connectivity index (χ1v) is 5.20. The lowest BCUT2D eigenvalue weighted by molar-refractivity contribution is 0.350. The molecule has 1 heterocycles. The van der Waals surface area contributed by atoms with Crippen LogP contribution < -0.4 is 10.5 Å². The van der Waals surface area contributed by atoms with Gasteiger partial charge in [0.1, 0.15) is 5.75 Å². The average molecular weight is 191 g/mol. The number of nitrogens with two attached hydrogens (primary N) is 1. The third-order valence-electron chi connectivity index (χ3n) is 3.02. The molecule has 2 rings (SSSR count). The molecule has 76 valence electrons. The minimum absolute atomic E-state index is 0.172. The minimum Gasteiger partial charge on any atom is -0.493 e. The summed E-state index contributed by atoms with van der Waals surface area (Å²) in [7, 11) is 0. The van der Waals surface area contributed by atoms with Crippen molar-refractivity contribution < 1.29 is 4.74 Å². The highest BCUT2D eigenvalue weighted by molar-refractivity contribution is 5.46. The van der Waals surface area contributed by atoms with Crippen LogP contribution in [0.5, 0.6) is 5.75 Å². The van der Waals surface area contributed by atoms with Gasteiger partial charge >= 0.3 is 0 Å². The van der Waals surface area contributed by atoms with Gasteiger partial charge in [-0.25, -0.2) is 0 Å². The van der Waals surface area contributed by atoms with Crippen LogP contribution in [0.15, 0.2) is 18.2 Å². The third-order valence-corrected chi connectivity index (χ3v) is 3.02. The lowest BCUT2D eigenvalue weighted by Crippen LogP contribution is -2.22. The Morgan fingerprint density at radius 1 is 1.36 bits per heavy atom. The number of ether oxygens (including phenoxy) is 1. The van der Waals surface area contributed by atoms with E-state index in [-0.39, 0.29) is 6.04 Å².